The van der Waals surface area contributed by atoms with E-state index in [1.165, 1.54) is 6.92 Å². The van der Waals surface area contributed by atoms with Gasteiger partial charge in [0.15, 0.2) is 0 Å². The average Bonchev–Trinajstić information content (AvgIpc) is 2.86. The maximum absolute atomic E-state index is 12.0. The summed E-state index contributed by atoms with van der Waals surface area (Å²) in [5.74, 6) is -0.319. The molecule has 1 amide bonds. The Hall–Kier alpha value is -3.16. The van der Waals surface area contributed by atoms with Crippen molar-refractivity contribution in [3.8, 4) is 16.9 Å². The number of nitrogens with one attached hydrogen (secondary N) is 2. The van der Waals surface area contributed by atoms with Crippen molar-refractivity contribution < 1.29 is 24.2 Å². The molecule has 3 N–H and O–H groups in total. The number of carboxylic acid groups (broad SMARTS) is 1. The van der Waals surface area contributed by atoms with E-state index in [0.717, 1.165) is 35.3 Å². The van der Waals surface area contributed by atoms with E-state index < -0.39 is 12.1 Å². The molecule has 2 aromatic rings. The standard InChI is InChI=1S/C28H36N2O5/c1-5-22(6-2)35-26-16-21(28(32)33)15-24(27(26)30-18(3)31)29-17-19-11-13-20(14-12-19)23-9-7-8-10-25(23)34-4/h7-14,16,22,24,26-27,29H,5-6,15,17H2,1-4H3,(H,30,31)(H,32,33)/t24-,26+,27+/m0/s1. The summed E-state index contributed by atoms with van der Waals surface area (Å²) in [5, 5.41) is 16.2. The van der Waals surface area contributed by atoms with Gasteiger partial charge in [0.05, 0.1) is 25.4 Å². The van der Waals surface area contributed by atoms with Gasteiger partial charge < -0.3 is 25.2 Å². The molecule has 188 valence electrons. The number of methoxy groups -OCH3 is 1. The summed E-state index contributed by atoms with van der Waals surface area (Å²) in [7, 11) is 1.66. The van der Waals surface area contributed by atoms with Gasteiger partial charge in [-0.3, -0.25) is 4.79 Å². The largest absolute Gasteiger partial charge is 0.496 e. The molecule has 0 aromatic heterocycles. The minimum atomic E-state index is -0.961. The zero-order valence-corrected chi connectivity index (χ0v) is 20.9. The van der Waals surface area contributed by atoms with Crippen LogP contribution in [0.15, 0.2) is 60.2 Å². The van der Waals surface area contributed by atoms with E-state index in [1.807, 2.05) is 62.4 Å². The maximum Gasteiger partial charge on any atom is 0.331 e. The number of ether oxygens (including phenoxy) is 2. The molecule has 1 aliphatic rings. The van der Waals surface area contributed by atoms with Gasteiger partial charge >= 0.3 is 5.97 Å². The number of para-hydroxylation sites is 1. The highest BCUT2D eigenvalue weighted by atomic mass is 16.5. The zero-order valence-electron chi connectivity index (χ0n) is 20.9. The Kier molecular flexibility index (Phi) is 9.46. The molecule has 0 saturated carbocycles. The second-order valence-corrected chi connectivity index (χ2v) is 8.85. The van der Waals surface area contributed by atoms with E-state index in [2.05, 4.69) is 10.6 Å². The van der Waals surface area contributed by atoms with E-state index in [0.29, 0.717) is 18.5 Å². The maximum atomic E-state index is 12.0. The fraction of sp³-hybridized carbons (Fsp3) is 0.429. The van der Waals surface area contributed by atoms with Gasteiger partial charge in [0, 0.05) is 30.6 Å². The fourth-order valence-electron chi connectivity index (χ4n) is 4.50. The zero-order chi connectivity index (χ0) is 25.4. The Balaban J connectivity index is 1.78. The minimum Gasteiger partial charge on any atom is -0.496 e. The molecule has 0 fully saturated rings. The van der Waals surface area contributed by atoms with Crippen molar-refractivity contribution in [3.05, 3.63) is 65.7 Å². The van der Waals surface area contributed by atoms with Gasteiger partial charge in [0.2, 0.25) is 5.91 Å². The molecule has 0 unspecified atom stereocenters. The van der Waals surface area contributed by atoms with Crippen LogP contribution in [0.4, 0.5) is 0 Å². The molecule has 0 radical (unpaired) electrons. The fourth-order valence-corrected chi connectivity index (χ4v) is 4.50. The van der Waals surface area contributed by atoms with Crippen LogP contribution in [0.5, 0.6) is 5.75 Å². The number of hydrogen-bond acceptors (Lipinski definition) is 5. The number of amides is 1. The van der Waals surface area contributed by atoms with Crippen LogP contribution >= 0.6 is 0 Å². The molecule has 0 saturated heterocycles. The van der Waals surface area contributed by atoms with E-state index in [9.17, 15) is 14.7 Å². The quantitative estimate of drug-likeness (QED) is 0.443. The Morgan fingerprint density at radius 1 is 1.09 bits per heavy atom. The third kappa shape index (κ3) is 6.93. The number of hydrogen-bond donors (Lipinski definition) is 3. The van der Waals surface area contributed by atoms with Crippen LogP contribution in [0.2, 0.25) is 0 Å². The number of benzene rings is 2. The first-order valence-electron chi connectivity index (χ1n) is 12.2. The Bertz CT molecular complexity index is 1030. The molecule has 2 aromatic carbocycles. The van der Waals surface area contributed by atoms with Gasteiger partial charge in [-0.2, -0.15) is 0 Å². The number of rotatable bonds is 11. The van der Waals surface area contributed by atoms with Gasteiger partial charge in [-0.1, -0.05) is 56.3 Å². The molecule has 35 heavy (non-hydrogen) atoms. The Labute approximate surface area is 207 Å². The molecule has 7 nitrogen and oxygen atoms in total. The lowest BCUT2D eigenvalue weighted by molar-refractivity contribution is -0.133. The van der Waals surface area contributed by atoms with Gasteiger partial charge in [0.1, 0.15) is 5.75 Å². The van der Waals surface area contributed by atoms with Gasteiger partial charge in [-0.15, -0.1) is 0 Å². The van der Waals surface area contributed by atoms with Gasteiger partial charge in [-0.25, -0.2) is 4.79 Å². The summed E-state index contributed by atoms with van der Waals surface area (Å²) in [5.41, 5.74) is 3.42. The van der Waals surface area contributed by atoms with Crippen molar-refractivity contribution in [1.29, 1.82) is 0 Å². The lowest BCUT2D eigenvalue weighted by Gasteiger charge is -2.38. The van der Waals surface area contributed by atoms with Crippen molar-refractivity contribution >= 4 is 11.9 Å². The first-order chi connectivity index (χ1) is 16.9. The third-order valence-corrected chi connectivity index (χ3v) is 6.44. The molecule has 1 aliphatic carbocycles. The second kappa shape index (κ2) is 12.5. The number of carboxylic acids is 1. The summed E-state index contributed by atoms with van der Waals surface area (Å²) in [4.78, 5) is 23.8. The molecule has 0 heterocycles. The van der Waals surface area contributed by atoms with Crippen molar-refractivity contribution in [1.82, 2.24) is 10.6 Å². The molecule has 0 spiro atoms. The third-order valence-electron chi connectivity index (χ3n) is 6.44. The lowest BCUT2D eigenvalue weighted by Crippen LogP contribution is -2.58. The minimum absolute atomic E-state index is 0.0103. The van der Waals surface area contributed by atoms with Crippen LogP contribution in [0.25, 0.3) is 11.1 Å². The predicted molar refractivity (Wildman–Crippen MR) is 136 cm³/mol. The second-order valence-electron chi connectivity index (χ2n) is 8.85. The van der Waals surface area contributed by atoms with Crippen molar-refractivity contribution in [2.45, 2.75) is 70.9 Å². The highest BCUT2D eigenvalue weighted by Gasteiger charge is 2.37. The smallest absolute Gasteiger partial charge is 0.331 e. The topological polar surface area (TPSA) is 96.9 Å². The lowest BCUT2D eigenvalue weighted by atomic mass is 9.87. The van der Waals surface area contributed by atoms with Gasteiger partial charge in [-0.05, 0) is 42.5 Å². The first kappa shape index (κ1) is 26.4. The average molecular weight is 481 g/mol. The molecule has 7 heteroatoms. The normalized spacial score (nSPS) is 19.8. The SMILES string of the molecule is CCC(CC)O[C@@H]1C=C(C(=O)O)C[C@H](NCc2ccc(-c3ccccc3OC)cc2)[C@H]1NC(C)=O. The summed E-state index contributed by atoms with van der Waals surface area (Å²) < 4.78 is 11.7. The highest BCUT2D eigenvalue weighted by Crippen LogP contribution is 2.30. The number of aliphatic carboxylic acids is 1. The Morgan fingerprint density at radius 3 is 2.37 bits per heavy atom. The van der Waals surface area contributed by atoms with Crippen LogP contribution in [-0.2, 0) is 20.9 Å². The van der Waals surface area contributed by atoms with Crippen LogP contribution in [-0.4, -0.2) is 48.4 Å². The van der Waals surface area contributed by atoms with Crippen molar-refractivity contribution in [3.63, 3.8) is 0 Å². The number of carbonyl (C=O) groups is 2. The van der Waals surface area contributed by atoms with Crippen LogP contribution in [0.3, 0.4) is 0 Å². The Morgan fingerprint density at radius 2 is 1.77 bits per heavy atom. The van der Waals surface area contributed by atoms with E-state index in [1.54, 1.807) is 13.2 Å². The van der Waals surface area contributed by atoms with E-state index >= 15 is 0 Å². The summed E-state index contributed by atoms with van der Waals surface area (Å²) in [6.07, 6.45) is 3.04. The van der Waals surface area contributed by atoms with Crippen molar-refractivity contribution in [2.24, 2.45) is 0 Å². The molecule has 0 bridgehead atoms. The van der Waals surface area contributed by atoms with E-state index in [4.69, 9.17) is 9.47 Å². The molecular formula is C28H36N2O5. The summed E-state index contributed by atoms with van der Waals surface area (Å²) in [6.45, 7) is 6.07. The number of carbonyl (C=O) groups excluding carboxylic acids is 1. The molecular weight excluding hydrogens is 444 g/mol. The van der Waals surface area contributed by atoms with Crippen LogP contribution in [0.1, 0.15) is 45.6 Å². The van der Waals surface area contributed by atoms with Gasteiger partial charge in [0.25, 0.3) is 0 Å². The highest BCUT2D eigenvalue weighted by molar-refractivity contribution is 5.87. The predicted octanol–water partition coefficient (Wildman–Crippen LogP) is 4.31. The molecule has 0 aliphatic heterocycles. The summed E-state index contributed by atoms with van der Waals surface area (Å²) >= 11 is 0. The monoisotopic (exact) mass is 480 g/mol. The van der Waals surface area contributed by atoms with Crippen LogP contribution in [0, 0.1) is 0 Å². The van der Waals surface area contributed by atoms with E-state index in [-0.39, 0.29) is 24.1 Å². The first-order valence-corrected chi connectivity index (χ1v) is 12.2. The van der Waals surface area contributed by atoms with Crippen LogP contribution < -0.4 is 15.4 Å². The molecule has 3 rings (SSSR count). The molecule has 3 atom stereocenters. The summed E-state index contributed by atoms with van der Waals surface area (Å²) in [6, 6.07) is 15.4. The van der Waals surface area contributed by atoms with Crippen molar-refractivity contribution in [2.75, 3.05) is 7.11 Å².